The smallest absolute Gasteiger partial charge is 0.166 e. The van der Waals surface area contributed by atoms with E-state index < -0.39 is 0 Å². The van der Waals surface area contributed by atoms with Crippen LogP contribution in [-0.4, -0.2) is 34.2 Å². The quantitative estimate of drug-likeness (QED) is 0.907. The fourth-order valence-corrected chi connectivity index (χ4v) is 3.40. The van der Waals surface area contributed by atoms with Crippen LogP contribution in [-0.2, 0) is 6.54 Å². The number of rotatable bonds is 5. The minimum absolute atomic E-state index is 0.448. The summed E-state index contributed by atoms with van der Waals surface area (Å²) >= 11 is 0. The number of anilines is 1. The monoisotopic (exact) mass is 335 g/mol. The molecule has 0 saturated carbocycles. The Bertz CT molecular complexity index is 751. The number of aromatic nitrogens is 2. The molecule has 0 spiro atoms. The molecule has 1 saturated heterocycles. The molecule has 1 fully saturated rings. The Balaban J connectivity index is 1.69. The number of likely N-dealkylation sites (tertiary alicyclic amines) is 1. The van der Waals surface area contributed by atoms with Gasteiger partial charge >= 0.3 is 0 Å². The number of hydrogen-bond donors (Lipinski definition) is 1. The van der Waals surface area contributed by atoms with Crippen molar-refractivity contribution in [3.63, 3.8) is 0 Å². The molecule has 2 heterocycles. The van der Waals surface area contributed by atoms with Crippen molar-refractivity contribution in [2.24, 2.45) is 0 Å². The molecule has 1 aromatic carbocycles. The van der Waals surface area contributed by atoms with Crippen LogP contribution in [0, 0.1) is 25.2 Å². The van der Waals surface area contributed by atoms with E-state index >= 15 is 0 Å². The van der Waals surface area contributed by atoms with Crippen molar-refractivity contribution in [1.29, 1.82) is 5.26 Å². The molecule has 5 nitrogen and oxygen atoms in total. The second kappa shape index (κ2) is 8.09. The first-order valence-corrected chi connectivity index (χ1v) is 8.95. The van der Waals surface area contributed by atoms with Crippen LogP contribution in [0.3, 0.4) is 0 Å². The molecule has 1 aliphatic heterocycles. The van der Waals surface area contributed by atoms with Gasteiger partial charge in [0, 0.05) is 19.1 Å². The maximum absolute atomic E-state index is 9.44. The molecule has 1 atom stereocenters. The molecule has 2 aromatic rings. The molecule has 3 rings (SSSR count). The van der Waals surface area contributed by atoms with Gasteiger partial charge in [0.1, 0.15) is 11.6 Å². The van der Waals surface area contributed by atoms with Crippen LogP contribution in [0.4, 0.5) is 5.82 Å². The summed E-state index contributed by atoms with van der Waals surface area (Å²) < 4.78 is 0. The normalized spacial score (nSPS) is 17.9. The van der Waals surface area contributed by atoms with E-state index in [0.717, 1.165) is 30.9 Å². The van der Waals surface area contributed by atoms with E-state index in [1.54, 1.807) is 0 Å². The van der Waals surface area contributed by atoms with Crippen molar-refractivity contribution in [3.05, 3.63) is 52.7 Å². The number of piperidine rings is 1. The molecule has 1 aromatic heterocycles. The van der Waals surface area contributed by atoms with Gasteiger partial charge in [-0.1, -0.05) is 36.8 Å². The van der Waals surface area contributed by atoms with Crippen LogP contribution in [0.2, 0.25) is 0 Å². The zero-order valence-electron chi connectivity index (χ0n) is 15.0. The first-order valence-electron chi connectivity index (χ1n) is 8.95. The lowest BCUT2D eigenvalue weighted by Gasteiger charge is -2.36. The third-order valence-electron chi connectivity index (χ3n) is 5.05. The lowest BCUT2D eigenvalue weighted by atomic mass is 10.0. The van der Waals surface area contributed by atoms with E-state index in [0.29, 0.717) is 17.4 Å². The Morgan fingerprint density at radius 2 is 2.00 bits per heavy atom. The maximum atomic E-state index is 9.44. The second-order valence-corrected chi connectivity index (χ2v) is 6.73. The molecule has 130 valence electrons. The van der Waals surface area contributed by atoms with Crippen LogP contribution < -0.4 is 5.32 Å². The molecule has 0 amide bonds. The number of hydrogen-bond acceptors (Lipinski definition) is 5. The fourth-order valence-electron chi connectivity index (χ4n) is 3.40. The topological polar surface area (TPSA) is 64.8 Å². The SMILES string of the molecule is Cc1nnc(NCC2CCCCN2Cc2ccccc2)c(C#N)c1C. The fraction of sp³-hybridized carbons (Fsp3) is 0.450. The second-order valence-electron chi connectivity index (χ2n) is 6.73. The lowest BCUT2D eigenvalue weighted by molar-refractivity contribution is 0.148. The van der Waals surface area contributed by atoms with E-state index in [-0.39, 0.29) is 0 Å². The minimum atomic E-state index is 0.448. The molecule has 25 heavy (non-hydrogen) atoms. The highest BCUT2D eigenvalue weighted by Crippen LogP contribution is 2.22. The van der Waals surface area contributed by atoms with Crippen molar-refractivity contribution in [2.75, 3.05) is 18.4 Å². The Morgan fingerprint density at radius 1 is 1.20 bits per heavy atom. The van der Waals surface area contributed by atoms with Gasteiger partial charge in [-0.05, 0) is 44.4 Å². The summed E-state index contributed by atoms with van der Waals surface area (Å²) in [7, 11) is 0. The van der Waals surface area contributed by atoms with Crippen LogP contribution in [0.1, 0.15) is 41.6 Å². The number of aryl methyl sites for hydroxylation is 1. The Labute approximate surface area is 149 Å². The van der Waals surface area contributed by atoms with Gasteiger partial charge < -0.3 is 5.32 Å². The van der Waals surface area contributed by atoms with Gasteiger partial charge in [0.25, 0.3) is 0 Å². The standard InChI is InChI=1S/C20H25N5/c1-15-16(2)23-24-20(19(15)12-21)22-13-18-10-6-7-11-25(18)14-17-8-4-3-5-9-17/h3-5,8-9,18H,6-7,10-11,13-14H2,1-2H3,(H,22,24). The lowest BCUT2D eigenvalue weighted by Crippen LogP contribution is -2.43. The average Bonchev–Trinajstić information content (AvgIpc) is 2.64. The summed E-state index contributed by atoms with van der Waals surface area (Å²) in [6.45, 7) is 6.69. The predicted molar refractivity (Wildman–Crippen MR) is 99.2 cm³/mol. The van der Waals surface area contributed by atoms with Crippen molar-refractivity contribution in [1.82, 2.24) is 15.1 Å². The van der Waals surface area contributed by atoms with Gasteiger partial charge in [-0.3, -0.25) is 4.90 Å². The summed E-state index contributed by atoms with van der Waals surface area (Å²) in [5, 5.41) is 21.2. The van der Waals surface area contributed by atoms with E-state index in [1.807, 2.05) is 13.8 Å². The number of nitriles is 1. The molecule has 5 heteroatoms. The molecule has 1 unspecified atom stereocenters. The number of nitrogens with zero attached hydrogens (tertiary/aromatic N) is 4. The summed E-state index contributed by atoms with van der Waals surface area (Å²) in [6, 6.07) is 13.3. The van der Waals surface area contributed by atoms with Crippen molar-refractivity contribution in [2.45, 2.75) is 45.7 Å². The van der Waals surface area contributed by atoms with E-state index in [9.17, 15) is 5.26 Å². The van der Waals surface area contributed by atoms with Gasteiger partial charge in [0.2, 0.25) is 0 Å². The van der Waals surface area contributed by atoms with Crippen LogP contribution in [0.25, 0.3) is 0 Å². The molecule has 1 aliphatic rings. The molecule has 0 bridgehead atoms. The van der Waals surface area contributed by atoms with Crippen molar-refractivity contribution < 1.29 is 0 Å². The van der Waals surface area contributed by atoms with Crippen molar-refractivity contribution >= 4 is 5.82 Å². The Kier molecular flexibility index (Phi) is 5.62. The van der Waals surface area contributed by atoms with Gasteiger partial charge in [-0.15, -0.1) is 5.10 Å². The maximum Gasteiger partial charge on any atom is 0.166 e. The first kappa shape index (κ1) is 17.4. The van der Waals surface area contributed by atoms with E-state index in [4.69, 9.17) is 0 Å². The Hall–Kier alpha value is -2.45. The highest BCUT2D eigenvalue weighted by Gasteiger charge is 2.23. The third kappa shape index (κ3) is 4.15. The first-order chi connectivity index (χ1) is 12.2. The van der Waals surface area contributed by atoms with Crippen LogP contribution in [0.5, 0.6) is 0 Å². The highest BCUT2D eigenvalue weighted by molar-refractivity contribution is 5.55. The Morgan fingerprint density at radius 3 is 2.76 bits per heavy atom. The summed E-state index contributed by atoms with van der Waals surface area (Å²) in [4.78, 5) is 2.53. The van der Waals surface area contributed by atoms with E-state index in [2.05, 4.69) is 56.8 Å². The van der Waals surface area contributed by atoms with Gasteiger partial charge in [-0.2, -0.15) is 10.4 Å². The molecule has 0 aliphatic carbocycles. The number of benzene rings is 1. The molecular formula is C20H25N5. The summed E-state index contributed by atoms with van der Waals surface area (Å²) in [5.74, 6) is 0.607. The van der Waals surface area contributed by atoms with Gasteiger partial charge in [0.05, 0.1) is 5.69 Å². The van der Waals surface area contributed by atoms with Crippen LogP contribution in [0.15, 0.2) is 30.3 Å². The third-order valence-corrected chi connectivity index (χ3v) is 5.05. The minimum Gasteiger partial charge on any atom is -0.366 e. The van der Waals surface area contributed by atoms with Gasteiger partial charge in [0.15, 0.2) is 5.82 Å². The predicted octanol–water partition coefficient (Wildman–Crippen LogP) is 3.43. The van der Waals surface area contributed by atoms with Gasteiger partial charge in [-0.25, -0.2) is 0 Å². The average molecular weight is 335 g/mol. The largest absolute Gasteiger partial charge is 0.366 e. The van der Waals surface area contributed by atoms with Crippen molar-refractivity contribution in [3.8, 4) is 6.07 Å². The number of nitrogens with one attached hydrogen (secondary N) is 1. The molecule has 0 radical (unpaired) electrons. The molecule has 1 N–H and O–H groups in total. The highest BCUT2D eigenvalue weighted by atomic mass is 15.2. The zero-order chi connectivity index (χ0) is 17.6. The van der Waals surface area contributed by atoms with E-state index in [1.165, 1.54) is 24.8 Å². The summed E-state index contributed by atoms with van der Waals surface area (Å²) in [6.07, 6.45) is 3.66. The summed E-state index contributed by atoms with van der Waals surface area (Å²) in [5.41, 5.74) is 3.67. The van der Waals surface area contributed by atoms with Crippen LogP contribution >= 0.6 is 0 Å². The zero-order valence-corrected chi connectivity index (χ0v) is 15.0. The molecular weight excluding hydrogens is 310 g/mol.